The average molecular weight is 286 g/mol. The van der Waals surface area contributed by atoms with E-state index >= 15 is 0 Å². The first-order valence-electron chi connectivity index (χ1n) is 7.69. The molecule has 0 saturated heterocycles. The first kappa shape index (κ1) is 17.3. The fraction of sp³-hybridized carbons (Fsp3) is 0.500. The molecule has 0 aromatic heterocycles. The highest BCUT2D eigenvalue weighted by Crippen LogP contribution is 2.09. The van der Waals surface area contributed by atoms with Crippen molar-refractivity contribution in [1.29, 1.82) is 0 Å². The van der Waals surface area contributed by atoms with E-state index in [-0.39, 0.29) is 5.91 Å². The molecule has 1 aromatic carbocycles. The lowest BCUT2D eigenvalue weighted by atomic mass is 10.1. The zero-order chi connectivity index (χ0) is 15.5. The summed E-state index contributed by atoms with van der Waals surface area (Å²) in [6.45, 7) is 3.17. The first-order chi connectivity index (χ1) is 10.2. The van der Waals surface area contributed by atoms with Gasteiger partial charge in [0.05, 0.1) is 6.54 Å². The van der Waals surface area contributed by atoms with Crippen LogP contribution in [0.15, 0.2) is 24.3 Å². The molecule has 0 atom stereocenters. The maximum absolute atomic E-state index is 12.0. The molecule has 3 heteroatoms. The molecule has 0 heterocycles. The zero-order valence-corrected chi connectivity index (χ0v) is 13.2. The molecule has 0 radical (unpaired) electrons. The lowest BCUT2D eigenvalue weighted by Crippen LogP contribution is -2.25. The van der Waals surface area contributed by atoms with Crippen LogP contribution in [0.1, 0.15) is 50.2 Å². The van der Waals surface area contributed by atoms with E-state index in [1.807, 2.05) is 31.3 Å². The molecule has 0 aliphatic rings. The smallest absolute Gasteiger partial charge is 0.222 e. The van der Waals surface area contributed by atoms with E-state index in [1.165, 1.54) is 12.8 Å². The highest BCUT2D eigenvalue weighted by atomic mass is 16.2. The minimum Gasteiger partial charge on any atom is -0.341 e. The van der Waals surface area contributed by atoms with Gasteiger partial charge >= 0.3 is 0 Å². The molecule has 21 heavy (non-hydrogen) atoms. The summed E-state index contributed by atoms with van der Waals surface area (Å²) >= 11 is 0. The maximum Gasteiger partial charge on any atom is 0.222 e. The lowest BCUT2D eigenvalue weighted by molar-refractivity contribution is -0.130. The number of rotatable bonds is 7. The van der Waals surface area contributed by atoms with Gasteiger partial charge in [0.1, 0.15) is 0 Å². The third-order valence-corrected chi connectivity index (χ3v) is 3.35. The van der Waals surface area contributed by atoms with Gasteiger partial charge in [-0.1, -0.05) is 50.2 Å². The summed E-state index contributed by atoms with van der Waals surface area (Å²) in [7, 11) is 1.86. The van der Waals surface area contributed by atoms with E-state index < -0.39 is 0 Å². The summed E-state index contributed by atoms with van der Waals surface area (Å²) in [5.74, 6) is 6.07. The Balaban J connectivity index is 2.50. The SMILES string of the molecule is CCCCCCC(=O)N(C)Cc1cccc(C#CCN)c1. The third kappa shape index (κ3) is 6.97. The average Bonchev–Trinajstić information content (AvgIpc) is 2.49. The Labute approximate surface area is 128 Å². The molecule has 0 aliphatic heterocycles. The lowest BCUT2D eigenvalue weighted by Gasteiger charge is -2.17. The predicted molar refractivity (Wildman–Crippen MR) is 87.6 cm³/mol. The van der Waals surface area contributed by atoms with Crippen molar-refractivity contribution in [3.8, 4) is 11.8 Å². The van der Waals surface area contributed by atoms with Crippen LogP contribution in [-0.2, 0) is 11.3 Å². The number of unbranched alkanes of at least 4 members (excludes halogenated alkanes) is 3. The Morgan fingerprint density at radius 3 is 2.81 bits per heavy atom. The fourth-order valence-corrected chi connectivity index (χ4v) is 2.16. The van der Waals surface area contributed by atoms with Gasteiger partial charge in [0, 0.05) is 25.6 Å². The Hall–Kier alpha value is -1.79. The number of hydrogen-bond acceptors (Lipinski definition) is 2. The summed E-state index contributed by atoms with van der Waals surface area (Å²) in [6.07, 6.45) is 5.17. The molecule has 1 amide bonds. The Kier molecular flexibility index (Phi) is 8.23. The van der Waals surface area contributed by atoms with Crippen molar-refractivity contribution >= 4 is 5.91 Å². The van der Waals surface area contributed by atoms with Crippen LogP contribution in [-0.4, -0.2) is 24.4 Å². The first-order valence-corrected chi connectivity index (χ1v) is 7.69. The number of hydrogen-bond donors (Lipinski definition) is 1. The minimum atomic E-state index is 0.213. The predicted octanol–water partition coefficient (Wildman–Crippen LogP) is 2.93. The van der Waals surface area contributed by atoms with Crippen molar-refractivity contribution in [2.75, 3.05) is 13.6 Å². The van der Waals surface area contributed by atoms with Crippen molar-refractivity contribution in [3.05, 3.63) is 35.4 Å². The van der Waals surface area contributed by atoms with Crippen molar-refractivity contribution in [1.82, 2.24) is 4.90 Å². The molecule has 114 valence electrons. The van der Waals surface area contributed by atoms with Gasteiger partial charge in [-0.15, -0.1) is 0 Å². The van der Waals surface area contributed by atoms with Gasteiger partial charge in [0.15, 0.2) is 0 Å². The van der Waals surface area contributed by atoms with Crippen LogP contribution < -0.4 is 5.73 Å². The molecule has 2 N–H and O–H groups in total. The van der Waals surface area contributed by atoms with Crippen LogP contribution in [0.4, 0.5) is 0 Å². The van der Waals surface area contributed by atoms with Crippen molar-refractivity contribution in [2.45, 2.75) is 45.6 Å². The summed E-state index contributed by atoms with van der Waals surface area (Å²) in [5, 5.41) is 0. The van der Waals surface area contributed by atoms with Gasteiger partial charge in [-0.2, -0.15) is 0 Å². The van der Waals surface area contributed by atoms with Crippen LogP contribution >= 0.6 is 0 Å². The second kappa shape index (κ2) is 10.0. The Morgan fingerprint density at radius 1 is 1.29 bits per heavy atom. The molecule has 0 saturated carbocycles. The molecule has 0 bridgehead atoms. The number of nitrogens with zero attached hydrogens (tertiary/aromatic N) is 1. The van der Waals surface area contributed by atoms with E-state index in [4.69, 9.17) is 5.73 Å². The third-order valence-electron chi connectivity index (χ3n) is 3.35. The van der Waals surface area contributed by atoms with Gasteiger partial charge in [0.2, 0.25) is 5.91 Å². The van der Waals surface area contributed by atoms with Crippen LogP contribution in [0.5, 0.6) is 0 Å². The van der Waals surface area contributed by atoms with Crippen molar-refractivity contribution in [2.24, 2.45) is 5.73 Å². The molecular weight excluding hydrogens is 260 g/mol. The van der Waals surface area contributed by atoms with Crippen molar-refractivity contribution in [3.63, 3.8) is 0 Å². The molecule has 0 aliphatic carbocycles. The van der Waals surface area contributed by atoms with E-state index in [9.17, 15) is 4.79 Å². The van der Waals surface area contributed by atoms with E-state index in [0.29, 0.717) is 19.5 Å². The highest BCUT2D eigenvalue weighted by Gasteiger charge is 2.08. The highest BCUT2D eigenvalue weighted by molar-refractivity contribution is 5.75. The van der Waals surface area contributed by atoms with Crippen LogP contribution in [0.2, 0.25) is 0 Å². The fourth-order valence-electron chi connectivity index (χ4n) is 2.16. The van der Waals surface area contributed by atoms with Gasteiger partial charge < -0.3 is 10.6 Å². The van der Waals surface area contributed by atoms with Gasteiger partial charge in [-0.25, -0.2) is 0 Å². The normalized spacial score (nSPS) is 9.86. The van der Waals surface area contributed by atoms with Gasteiger partial charge in [-0.3, -0.25) is 4.79 Å². The standard InChI is InChI=1S/C18H26N2O/c1-3-4-5-6-12-18(21)20(2)15-17-10-7-9-16(14-17)11-8-13-19/h7,9-10,14H,3-6,12-13,15,19H2,1-2H3. The maximum atomic E-state index is 12.0. The minimum absolute atomic E-state index is 0.213. The van der Waals surface area contributed by atoms with E-state index in [1.54, 1.807) is 4.90 Å². The van der Waals surface area contributed by atoms with Gasteiger partial charge in [0.25, 0.3) is 0 Å². The Morgan fingerprint density at radius 2 is 2.10 bits per heavy atom. The number of nitrogens with two attached hydrogens (primary N) is 1. The molecule has 0 fully saturated rings. The summed E-state index contributed by atoms with van der Waals surface area (Å²) in [4.78, 5) is 13.8. The van der Waals surface area contributed by atoms with E-state index in [2.05, 4.69) is 18.8 Å². The molecule has 1 rings (SSSR count). The monoisotopic (exact) mass is 286 g/mol. The zero-order valence-electron chi connectivity index (χ0n) is 13.2. The van der Waals surface area contributed by atoms with Crippen molar-refractivity contribution < 1.29 is 4.79 Å². The topological polar surface area (TPSA) is 46.3 Å². The molecule has 0 spiro atoms. The summed E-state index contributed by atoms with van der Waals surface area (Å²) in [5.41, 5.74) is 7.42. The summed E-state index contributed by atoms with van der Waals surface area (Å²) in [6, 6.07) is 7.96. The van der Waals surface area contributed by atoms with Crippen LogP contribution in [0.3, 0.4) is 0 Å². The molecular formula is C18H26N2O. The number of carbonyl (C=O) groups is 1. The number of amides is 1. The summed E-state index contributed by atoms with van der Waals surface area (Å²) < 4.78 is 0. The number of benzene rings is 1. The number of carbonyl (C=O) groups excluding carboxylic acids is 1. The van der Waals surface area contributed by atoms with Gasteiger partial charge in [-0.05, 0) is 24.1 Å². The Bertz CT molecular complexity index is 499. The van der Waals surface area contributed by atoms with Crippen LogP contribution in [0.25, 0.3) is 0 Å². The molecule has 0 unspecified atom stereocenters. The largest absolute Gasteiger partial charge is 0.341 e. The van der Waals surface area contributed by atoms with Crippen LogP contribution in [0, 0.1) is 11.8 Å². The quantitative estimate of drug-likeness (QED) is 0.619. The molecule has 3 nitrogen and oxygen atoms in total. The second-order valence-electron chi connectivity index (χ2n) is 5.27. The van der Waals surface area contributed by atoms with E-state index in [0.717, 1.165) is 24.0 Å². The second-order valence-corrected chi connectivity index (χ2v) is 5.27. The molecule has 1 aromatic rings.